The van der Waals surface area contributed by atoms with E-state index in [1.807, 2.05) is 24.3 Å². The summed E-state index contributed by atoms with van der Waals surface area (Å²) < 4.78 is 6.31. The van der Waals surface area contributed by atoms with E-state index in [1.165, 1.54) is 0 Å². The Kier molecular flexibility index (Phi) is 5.55. The van der Waals surface area contributed by atoms with Crippen LogP contribution in [0.2, 0.25) is 0 Å². The average Bonchev–Trinajstić information content (AvgIpc) is 2.52. The molecule has 0 atom stereocenters. The van der Waals surface area contributed by atoms with Gasteiger partial charge in [0.15, 0.2) is 6.61 Å². The van der Waals surface area contributed by atoms with Crippen molar-refractivity contribution in [2.24, 2.45) is 5.10 Å². The molecule has 0 unspecified atom stereocenters. The van der Waals surface area contributed by atoms with Crippen molar-refractivity contribution in [1.29, 1.82) is 0 Å². The Balaban J connectivity index is 1.86. The third-order valence-electron chi connectivity index (χ3n) is 2.84. The number of nitrogen functional groups attached to an aromatic ring is 1. The molecule has 3 N–H and O–H groups in total. The van der Waals surface area contributed by atoms with E-state index in [1.54, 1.807) is 31.2 Å². The second-order valence-corrected chi connectivity index (χ2v) is 5.52. The Labute approximate surface area is 137 Å². The first-order valence-corrected chi connectivity index (χ1v) is 7.41. The van der Waals surface area contributed by atoms with E-state index in [2.05, 4.69) is 26.5 Å². The minimum atomic E-state index is -0.328. The van der Waals surface area contributed by atoms with Gasteiger partial charge in [0.25, 0.3) is 5.91 Å². The summed E-state index contributed by atoms with van der Waals surface area (Å²) in [5, 5.41) is 4.04. The van der Waals surface area contributed by atoms with E-state index < -0.39 is 0 Å². The summed E-state index contributed by atoms with van der Waals surface area (Å²) in [5.41, 5.74) is 10.3. The number of nitrogens with two attached hydrogens (primary N) is 1. The van der Waals surface area contributed by atoms with Gasteiger partial charge in [0.1, 0.15) is 5.75 Å². The molecule has 22 heavy (non-hydrogen) atoms. The van der Waals surface area contributed by atoms with Crippen molar-refractivity contribution in [2.45, 2.75) is 6.92 Å². The Morgan fingerprint density at radius 3 is 2.68 bits per heavy atom. The van der Waals surface area contributed by atoms with E-state index in [0.717, 1.165) is 10.0 Å². The second kappa shape index (κ2) is 7.61. The number of carbonyl (C=O) groups is 1. The number of amides is 1. The van der Waals surface area contributed by atoms with Gasteiger partial charge in [0, 0.05) is 10.2 Å². The van der Waals surface area contributed by atoms with Gasteiger partial charge < -0.3 is 10.5 Å². The lowest BCUT2D eigenvalue weighted by molar-refractivity contribution is -0.123. The molecule has 0 heterocycles. The number of hydrazone groups is 1. The zero-order chi connectivity index (χ0) is 15.9. The number of nitrogens with one attached hydrogen (secondary N) is 1. The fraction of sp³-hybridized carbons (Fsp3) is 0.125. The number of hydrogen-bond donors (Lipinski definition) is 2. The Morgan fingerprint density at radius 2 is 2.00 bits per heavy atom. The van der Waals surface area contributed by atoms with Crippen molar-refractivity contribution in [3.05, 3.63) is 58.6 Å². The summed E-state index contributed by atoms with van der Waals surface area (Å²) in [7, 11) is 0. The summed E-state index contributed by atoms with van der Waals surface area (Å²) in [6.07, 6.45) is 0. The highest BCUT2D eigenvalue weighted by molar-refractivity contribution is 9.10. The minimum absolute atomic E-state index is 0.102. The molecule has 6 heteroatoms. The van der Waals surface area contributed by atoms with Crippen molar-refractivity contribution < 1.29 is 9.53 Å². The Morgan fingerprint density at radius 1 is 1.27 bits per heavy atom. The quantitative estimate of drug-likeness (QED) is 0.488. The number of anilines is 1. The molecular formula is C16H16BrN3O2. The molecule has 0 radical (unpaired) electrons. The molecule has 0 saturated heterocycles. The first kappa shape index (κ1) is 16.0. The molecule has 2 aromatic rings. The van der Waals surface area contributed by atoms with Gasteiger partial charge in [-0.2, -0.15) is 5.10 Å². The van der Waals surface area contributed by atoms with Crippen LogP contribution in [-0.2, 0) is 4.79 Å². The van der Waals surface area contributed by atoms with Crippen LogP contribution < -0.4 is 15.9 Å². The molecule has 0 bridgehead atoms. The topological polar surface area (TPSA) is 76.7 Å². The van der Waals surface area contributed by atoms with E-state index in [-0.39, 0.29) is 12.5 Å². The van der Waals surface area contributed by atoms with E-state index in [4.69, 9.17) is 10.5 Å². The normalized spacial score (nSPS) is 11.1. The third kappa shape index (κ3) is 4.89. The second-order valence-electron chi connectivity index (χ2n) is 4.60. The van der Waals surface area contributed by atoms with Gasteiger partial charge in [-0.1, -0.05) is 28.1 Å². The summed E-state index contributed by atoms with van der Waals surface area (Å²) in [4.78, 5) is 11.7. The maximum absolute atomic E-state index is 11.7. The van der Waals surface area contributed by atoms with Crippen LogP contribution in [0.5, 0.6) is 5.75 Å². The third-order valence-corrected chi connectivity index (χ3v) is 3.36. The van der Waals surface area contributed by atoms with Crippen LogP contribution in [0, 0.1) is 0 Å². The van der Waals surface area contributed by atoms with Crippen molar-refractivity contribution >= 4 is 33.2 Å². The molecule has 5 nitrogen and oxygen atoms in total. The highest BCUT2D eigenvalue weighted by Gasteiger charge is 2.03. The van der Waals surface area contributed by atoms with Crippen molar-refractivity contribution in [3.8, 4) is 5.75 Å². The molecule has 0 aliphatic rings. The Bertz CT molecular complexity index is 684. The van der Waals surface area contributed by atoms with Crippen LogP contribution in [0.3, 0.4) is 0 Å². The summed E-state index contributed by atoms with van der Waals surface area (Å²) >= 11 is 3.33. The highest BCUT2D eigenvalue weighted by Crippen LogP contribution is 2.15. The van der Waals surface area contributed by atoms with Crippen LogP contribution in [-0.4, -0.2) is 18.2 Å². The number of nitrogens with zero attached hydrogens (tertiary/aromatic N) is 1. The van der Waals surface area contributed by atoms with Gasteiger partial charge in [0.2, 0.25) is 0 Å². The number of carbonyl (C=O) groups excluding carboxylic acids is 1. The van der Waals surface area contributed by atoms with Crippen LogP contribution in [0.25, 0.3) is 0 Å². The number of benzene rings is 2. The van der Waals surface area contributed by atoms with Crippen molar-refractivity contribution in [2.75, 3.05) is 12.3 Å². The van der Waals surface area contributed by atoms with Crippen molar-refractivity contribution in [1.82, 2.24) is 5.43 Å². The van der Waals surface area contributed by atoms with Crippen molar-refractivity contribution in [3.63, 3.8) is 0 Å². The van der Waals surface area contributed by atoms with E-state index in [9.17, 15) is 4.79 Å². The summed E-state index contributed by atoms with van der Waals surface area (Å²) in [6.45, 7) is 1.69. The standard InChI is InChI=1S/C16H16BrN3O2/c1-11(12-3-2-4-14(18)9-12)19-20-16(21)10-22-15-7-5-13(17)6-8-15/h2-9H,10,18H2,1H3,(H,20,21). The lowest BCUT2D eigenvalue weighted by atomic mass is 10.1. The van der Waals surface area contributed by atoms with Crippen LogP contribution in [0.15, 0.2) is 58.1 Å². The fourth-order valence-corrected chi connectivity index (χ4v) is 1.95. The first-order valence-electron chi connectivity index (χ1n) is 6.62. The molecule has 0 aliphatic heterocycles. The molecule has 0 fully saturated rings. The molecule has 1 amide bonds. The zero-order valence-electron chi connectivity index (χ0n) is 12.0. The number of hydrogen-bond acceptors (Lipinski definition) is 4. The van der Waals surface area contributed by atoms with Gasteiger partial charge >= 0.3 is 0 Å². The number of rotatable bonds is 5. The predicted octanol–water partition coefficient (Wildman–Crippen LogP) is 2.95. The highest BCUT2D eigenvalue weighted by atomic mass is 79.9. The maximum Gasteiger partial charge on any atom is 0.277 e. The van der Waals surface area contributed by atoms with E-state index in [0.29, 0.717) is 17.1 Å². The molecule has 0 saturated carbocycles. The molecule has 2 aromatic carbocycles. The minimum Gasteiger partial charge on any atom is -0.484 e. The first-order chi connectivity index (χ1) is 10.5. The molecule has 2 rings (SSSR count). The van der Waals surface area contributed by atoms with Crippen LogP contribution in [0.4, 0.5) is 5.69 Å². The van der Waals surface area contributed by atoms with Gasteiger partial charge in [-0.3, -0.25) is 4.79 Å². The van der Waals surface area contributed by atoms with Crippen LogP contribution in [0.1, 0.15) is 12.5 Å². The van der Waals surface area contributed by atoms with Crippen LogP contribution >= 0.6 is 15.9 Å². The predicted molar refractivity (Wildman–Crippen MR) is 90.8 cm³/mol. The van der Waals surface area contributed by atoms with Gasteiger partial charge in [0.05, 0.1) is 5.71 Å². The number of halogens is 1. The molecule has 0 aromatic heterocycles. The molecule has 0 spiro atoms. The lowest BCUT2D eigenvalue weighted by Gasteiger charge is -2.06. The monoisotopic (exact) mass is 361 g/mol. The average molecular weight is 362 g/mol. The number of ether oxygens (including phenoxy) is 1. The molecular weight excluding hydrogens is 346 g/mol. The molecule has 0 aliphatic carbocycles. The van der Waals surface area contributed by atoms with Gasteiger partial charge in [-0.05, 0) is 48.9 Å². The van der Waals surface area contributed by atoms with E-state index >= 15 is 0 Å². The maximum atomic E-state index is 11.7. The fourth-order valence-electron chi connectivity index (χ4n) is 1.69. The summed E-state index contributed by atoms with van der Waals surface area (Å²) in [6, 6.07) is 14.5. The molecule has 114 valence electrons. The van der Waals surface area contributed by atoms with Gasteiger partial charge in [-0.15, -0.1) is 0 Å². The van der Waals surface area contributed by atoms with Gasteiger partial charge in [-0.25, -0.2) is 5.43 Å². The lowest BCUT2D eigenvalue weighted by Crippen LogP contribution is -2.25. The Hall–Kier alpha value is -2.34. The largest absolute Gasteiger partial charge is 0.484 e. The summed E-state index contributed by atoms with van der Waals surface area (Å²) in [5.74, 6) is 0.293. The zero-order valence-corrected chi connectivity index (χ0v) is 13.6. The SMILES string of the molecule is CC(=NNC(=O)COc1ccc(Br)cc1)c1cccc(N)c1. The smallest absolute Gasteiger partial charge is 0.277 e.